The van der Waals surface area contributed by atoms with Crippen molar-refractivity contribution in [2.24, 2.45) is 5.92 Å². The fourth-order valence-corrected chi connectivity index (χ4v) is 11.8. The van der Waals surface area contributed by atoms with E-state index >= 15 is 0 Å². The van der Waals surface area contributed by atoms with E-state index in [1.807, 2.05) is 0 Å². The first-order valence-corrected chi connectivity index (χ1v) is 23.8. The summed E-state index contributed by atoms with van der Waals surface area (Å²) in [6, 6.07) is 74.4. The molecule has 8 aromatic carbocycles. The van der Waals surface area contributed by atoms with Gasteiger partial charge in [0.25, 0.3) is 0 Å². The number of allylic oxidation sites excluding steroid dienone is 12. The molecule has 0 bridgehead atoms. The van der Waals surface area contributed by atoms with Crippen LogP contribution < -0.4 is 4.90 Å². The maximum Gasteiger partial charge on any atom is 0.0714 e. The van der Waals surface area contributed by atoms with Crippen molar-refractivity contribution in [1.29, 1.82) is 0 Å². The minimum Gasteiger partial charge on any atom is -0.310 e. The molecule has 13 rings (SSSR count). The average molecular weight is 857 g/mol. The molecule has 0 radical (unpaired) electrons. The van der Waals surface area contributed by atoms with Crippen LogP contribution in [0.15, 0.2) is 266 Å². The molecule has 0 fully saturated rings. The van der Waals surface area contributed by atoms with Crippen LogP contribution in [0.25, 0.3) is 44.2 Å². The predicted octanol–water partition coefficient (Wildman–Crippen LogP) is 16.7. The third kappa shape index (κ3) is 6.17. The maximum atomic E-state index is 2.52. The summed E-state index contributed by atoms with van der Waals surface area (Å²) in [5, 5.41) is 2.43. The summed E-state index contributed by atoms with van der Waals surface area (Å²) in [6.45, 7) is 0. The molecule has 4 aliphatic carbocycles. The molecule has 0 aliphatic heterocycles. The van der Waals surface area contributed by atoms with Crippen LogP contribution >= 0.6 is 0 Å². The highest BCUT2D eigenvalue weighted by atomic mass is 15.1. The van der Waals surface area contributed by atoms with Crippen LogP contribution in [0.3, 0.4) is 0 Å². The number of hydrogen-bond donors (Lipinski definition) is 0. The molecular formula is C65H48N2. The summed E-state index contributed by atoms with van der Waals surface area (Å²) < 4.78 is 2.42. The fraction of sp³-hybridized carbons (Fsp3) is 0.0769. The van der Waals surface area contributed by atoms with E-state index in [0.717, 1.165) is 42.0 Å². The number of benzene rings is 8. The van der Waals surface area contributed by atoms with Crippen molar-refractivity contribution >= 4 is 44.4 Å². The molecule has 0 saturated heterocycles. The van der Waals surface area contributed by atoms with Gasteiger partial charge in [0.05, 0.1) is 22.1 Å². The zero-order valence-electron chi connectivity index (χ0n) is 37.3. The van der Waals surface area contributed by atoms with Gasteiger partial charge in [-0.05, 0) is 135 Å². The van der Waals surface area contributed by atoms with E-state index in [1.165, 1.54) is 83.0 Å². The molecule has 0 spiro atoms. The Kier molecular flexibility index (Phi) is 9.39. The van der Waals surface area contributed by atoms with Gasteiger partial charge in [0.15, 0.2) is 0 Å². The smallest absolute Gasteiger partial charge is 0.0714 e. The Labute approximate surface area is 392 Å². The Morgan fingerprint density at radius 3 is 1.99 bits per heavy atom. The maximum absolute atomic E-state index is 2.52. The third-order valence-corrected chi connectivity index (χ3v) is 14.7. The number of aromatic nitrogens is 1. The van der Waals surface area contributed by atoms with E-state index in [9.17, 15) is 0 Å². The SMILES string of the molecule is C1=CCC2C(=C1)C=CC(c1ccc(N(c3ccc4c(c3)C(c3ccccc3)(c3ccccc3)c3ccccc3-4)c3cccc4c3c3ccccc3n4-c3ccccc3)cc1)=C2C1=CCCC=C1. The van der Waals surface area contributed by atoms with Crippen LogP contribution in [-0.4, -0.2) is 4.57 Å². The van der Waals surface area contributed by atoms with Gasteiger partial charge >= 0.3 is 0 Å². The van der Waals surface area contributed by atoms with E-state index in [2.05, 4.69) is 258 Å². The van der Waals surface area contributed by atoms with Gasteiger partial charge in [-0.3, -0.25) is 0 Å². The summed E-state index contributed by atoms with van der Waals surface area (Å²) in [7, 11) is 0. The minimum atomic E-state index is -0.532. The fourth-order valence-electron chi connectivity index (χ4n) is 11.8. The standard InChI is InChI=1S/C65H48N2/c1-5-21-47(22-6-1)63-53-29-14-13-20-45(53)38-42-54(63)46-36-39-51(40-37-46)66(61-34-19-35-62-64(61)57-31-16-18-33-60(57)67(62)50-27-11-4-12-28-50)52-41-43-56-55-30-15-17-32-58(55)65(59(56)44-52,48-23-7-2-8-24-48)49-25-9-3-10-26-49/h2-5,7-28,30-44,53H,1,6,29H2. The number of nitrogens with zero attached hydrogens (tertiary/aromatic N) is 2. The number of para-hydroxylation sites is 2. The van der Waals surface area contributed by atoms with E-state index in [1.54, 1.807) is 0 Å². The molecule has 2 nitrogen and oxygen atoms in total. The molecule has 0 N–H and O–H groups in total. The molecule has 1 unspecified atom stereocenters. The molecule has 67 heavy (non-hydrogen) atoms. The lowest BCUT2D eigenvalue weighted by Gasteiger charge is -2.35. The zero-order chi connectivity index (χ0) is 44.3. The van der Waals surface area contributed by atoms with Gasteiger partial charge in [0, 0.05) is 33.8 Å². The summed E-state index contributed by atoms with van der Waals surface area (Å²) in [5.74, 6) is 0.347. The monoisotopic (exact) mass is 856 g/mol. The molecule has 0 amide bonds. The molecule has 1 atom stereocenters. The van der Waals surface area contributed by atoms with Gasteiger partial charge in [-0.25, -0.2) is 0 Å². The van der Waals surface area contributed by atoms with Crippen LogP contribution in [0.2, 0.25) is 0 Å². The molecule has 318 valence electrons. The number of fused-ring (bicyclic) bond motifs is 7. The van der Waals surface area contributed by atoms with E-state index in [-0.39, 0.29) is 0 Å². The van der Waals surface area contributed by atoms with Crippen LogP contribution in [0, 0.1) is 5.92 Å². The largest absolute Gasteiger partial charge is 0.310 e. The van der Waals surface area contributed by atoms with Crippen LogP contribution in [0.5, 0.6) is 0 Å². The second-order valence-electron chi connectivity index (χ2n) is 18.2. The summed E-state index contributed by atoms with van der Waals surface area (Å²) >= 11 is 0. The van der Waals surface area contributed by atoms with Gasteiger partial charge in [-0.2, -0.15) is 0 Å². The Hall–Kier alpha value is -8.20. The second-order valence-corrected chi connectivity index (χ2v) is 18.2. The number of hydrogen-bond acceptors (Lipinski definition) is 1. The molecule has 2 heteroatoms. The number of anilines is 3. The lowest BCUT2D eigenvalue weighted by atomic mass is 9.67. The first kappa shape index (κ1) is 39.2. The Bertz CT molecular complexity index is 3540. The van der Waals surface area contributed by atoms with Gasteiger partial charge < -0.3 is 9.47 Å². The van der Waals surface area contributed by atoms with Crippen LogP contribution in [0.1, 0.15) is 47.1 Å². The Balaban J connectivity index is 1.06. The lowest BCUT2D eigenvalue weighted by Crippen LogP contribution is -2.28. The van der Waals surface area contributed by atoms with E-state index in [0.29, 0.717) is 5.92 Å². The Morgan fingerprint density at radius 1 is 0.522 bits per heavy atom. The topological polar surface area (TPSA) is 8.17 Å². The summed E-state index contributed by atoms with van der Waals surface area (Å²) in [6.07, 6.45) is 21.9. The van der Waals surface area contributed by atoms with Crippen LogP contribution in [-0.2, 0) is 5.41 Å². The van der Waals surface area contributed by atoms with Crippen molar-refractivity contribution < 1.29 is 0 Å². The summed E-state index contributed by atoms with van der Waals surface area (Å²) in [4.78, 5) is 2.52. The van der Waals surface area contributed by atoms with E-state index < -0.39 is 5.41 Å². The third-order valence-electron chi connectivity index (χ3n) is 14.7. The van der Waals surface area contributed by atoms with Crippen molar-refractivity contribution in [1.82, 2.24) is 4.57 Å². The highest BCUT2D eigenvalue weighted by Crippen LogP contribution is 2.58. The van der Waals surface area contributed by atoms with Crippen molar-refractivity contribution in [3.8, 4) is 16.8 Å². The quantitative estimate of drug-likeness (QED) is 0.148. The molecule has 1 aromatic heterocycles. The minimum absolute atomic E-state index is 0.347. The average Bonchev–Trinajstić information content (AvgIpc) is 3.91. The Morgan fingerprint density at radius 2 is 1.21 bits per heavy atom. The van der Waals surface area contributed by atoms with Crippen LogP contribution in [0.4, 0.5) is 17.1 Å². The van der Waals surface area contributed by atoms with Crippen molar-refractivity contribution in [3.63, 3.8) is 0 Å². The molecule has 4 aliphatic rings. The highest BCUT2D eigenvalue weighted by molar-refractivity contribution is 6.16. The van der Waals surface area contributed by atoms with Crippen molar-refractivity contribution in [3.05, 3.63) is 293 Å². The van der Waals surface area contributed by atoms with Crippen molar-refractivity contribution in [2.45, 2.75) is 24.7 Å². The lowest BCUT2D eigenvalue weighted by molar-refractivity contribution is 0.740. The van der Waals surface area contributed by atoms with Gasteiger partial charge in [0.1, 0.15) is 0 Å². The van der Waals surface area contributed by atoms with E-state index in [4.69, 9.17) is 0 Å². The normalized spacial score (nSPS) is 16.7. The zero-order valence-corrected chi connectivity index (χ0v) is 37.3. The van der Waals surface area contributed by atoms with Crippen molar-refractivity contribution in [2.75, 3.05) is 4.90 Å². The van der Waals surface area contributed by atoms with Gasteiger partial charge in [-0.15, -0.1) is 0 Å². The number of rotatable bonds is 8. The predicted molar refractivity (Wildman–Crippen MR) is 281 cm³/mol. The molecule has 9 aromatic rings. The highest BCUT2D eigenvalue weighted by Gasteiger charge is 2.46. The first-order chi connectivity index (χ1) is 33.3. The second kappa shape index (κ2) is 16.0. The first-order valence-electron chi connectivity index (χ1n) is 23.8. The molecular weight excluding hydrogens is 809 g/mol. The molecule has 1 heterocycles. The molecule has 0 saturated carbocycles. The summed E-state index contributed by atoms with van der Waals surface area (Å²) in [5.41, 5.74) is 20.7. The van der Waals surface area contributed by atoms with Gasteiger partial charge in [-0.1, -0.05) is 194 Å². The van der Waals surface area contributed by atoms with Gasteiger partial charge in [0.2, 0.25) is 0 Å².